The zero-order chi connectivity index (χ0) is 17.0. The number of aromatic nitrogens is 1. The van der Waals surface area contributed by atoms with E-state index < -0.39 is 29.3 Å². The fourth-order valence-electron chi connectivity index (χ4n) is 1.57. The summed E-state index contributed by atoms with van der Waals surface area (Å²) in [5, 5.41) is 6.26. The van der Waals surface area contributed by atoms with Gasteiger partial charge in [0.15, 0.2) is 0 Å². The Morgan fingerprint density at radius 1 is 1.18 bits per heavy atom. The van der Waals surface area contributed by atoms with Crippen molar-refractivity contribution in [1.29, 1.82) is 0 Å². The van der Waals surface area contributed by atoms with Crippen molar-refractivity contribution in [2.45, 2.75) is 65.2 Å². The second-order valence-corrected chi connectivity index (χ2v) is 6.93. The maximum absolute atomic E-state index is 12.2. The zero-order valence-corrected chi connectivity index (χ0v) is 13.9. The van der Waals surface area contributed by atoms with Crippen LogP contribution in [0.25, 0.3) is 0 Å². The van der Waals surface area contributed by atoms with Crippen LogP contribution >= 0.6 is 0 Å². The minimum Gasteiger partial charge on any atom is -0.458 e. The maximum atomic E-state index is 12.2. The quantitative estimate of drug-likeness (QED) is 0.859. The number of rotatable bonds is 4. The van der Waals surface area contributed by atoms with Crippen molar-refractivity contribution in [2.24, 2.45) is 0 Å². The first-order chi connectivity index (χ1) is 9.96. The number of alkyl carbamates (subject to hydrolysis) is 1. The average Bonchev–Trinajstić information content (AvgIpc) is 2.75. The minimum absolute atomic E-state index is 0.157. The molecule has 1 rings (SSSR count). The summed E-state index contributed by atoms with van der Waals surface area (Å²) in [6, 6.07) is 0.716. The first-order valence-corrected chi connectivity index (χ1v) is 7.08. The molecule has 22 heavy (non-hydrogen) atoms. The highest BCUT2D eigenvalue weighted by atomic mass is 16.6. The van der Waals surface area contributed by atoms with E-state index in [1.54, 1.807) is 47.6 Å². The lowest BCUT2D eigenvalue weighted by molar-refractivity contribution is -0.157. The molecule has 124 valence electrons. The Hall–Kier alpha value is -2.05. The molecular formula is C15H24N2O5. The van der Waals surface area contributed by atoms with Crippen molar-refractivity contribution in [2.75, 3.05) is 0 Å². The maximum Gasteiger partial charge on any atom is 0.408 e. The number of carbonyl (C=O) groups is 2. The van der Waals surface area contributed by atoms with Gasteiger partial charge in [-0.15, -0.1) is 0 Å². The van der Waals surface area contributed by atoms with Crippen LogP contribution in [0.1, 0.15) is 47.2 Å². The monoisotopic (exact) mass is 312 g/mol. The van der Waals surface area contributed by atoms with Gasteiger partial charge in [-0.25, -0.2) is 9.59 Å². The molecular weight excluding hydrogens is 288 g/mol. The molecule has 1 aromatic rings. The first-order valence-electron chi connectivity index (χ1n) is 7.08. The number of nitrogens with zero attached hydrogens (tertiary/aromatic N) is 1. The van der Waals surface area contributed by atoms with Crippen molar-refractivity contribution in [3.63, 3.8) is 0 Å². The Bertz CT molecular complexity index is 497. The molecule has 0 aliphatic carbocycles. The van der Waals surface area contributed by atoms with E-state index in [1.807, 2.05) is 0 Å². The van der Waals surface area contributed by atoms with Crippen LogP contribution in [-0.2, 0) is 20.7 Å². The summed E-state index contributed by atoms with van der Waals surface area (Å²) >= 11 is 0. The molecule has 0 radical (unpaired) electrons. The third kappa shape index (κ3) is 7.10. The van der Waals surface area contributed by atoms with E-state index in [2.05, 4.69) is 10.5 Å². The molecule has 0 bridgehead atoms. The van der Waals surface area contributed by atoms with Gasteiger partial charge < -0.3 is 19.3 Å². The lowest BCUT2D eigenvalue weighted by Crippen LogP contribution is -2.47. The summed E-state index contributed by atoms with van der Waals surface area (Å²) in [7, 11) is 0. The molecule has 7 nitrogen and oxygen atoms in total. The molecule has 0 fully saturated rings. The molecule has 1 heterocycles. The van der Waals surface area contributed by atoms with E-state index in [0.29, 0.717) is 5.69 Å². The van der Waals surface area contributed by atoms with Crippen LogP contribution in [0.3, 0.4) is 0 Å². The van der Waals surface area contributed by atoms with E-state index in [-0.39, 0.29) is 6.42 Å². The number of hydrogen-bond acceptors (Lipinski definition) is 6. The Morgan fingerprint density at radius 2 is 1.77 bits per heavy atom. The molecule has 0 spiro atoms. The van der Waals surface area contributed by atoms with Crippen LogP contribution < -0.4 is 5.32 Å². The summed E-state index contributed by atoms with van der Waals surface area (Å²) < 4.78 is 15.2. The Labute approximate surface area is 130 Å². The fraction of sp³-hybridized carbons (Fsp3) is 0.667. The van der Waals surface area contributed by atoms with Gasteiger partial charge in [-0.2, -0.15) is 0 Å². The second kappa shape index (κ2) is 6.81. The van der Waals surface area contributed by atoms with Gasteiger partial charge in [-0.05, 0) is 41.5 Å². The molecule has 0 aliphatic rings. The van der Waals surface area contributed by atoms with E-state index in [0.717, 1.165) is 0 Å². The van der Waals surface area contributed by atoms with Crippen LogP contribution in [0, 0.1) is 0 Å². The smallest absolute Gasteiger partial charge is 0.408 e. The minimum atomic E-state index is -0.904. The fourth-order valence-corrected chi connectivity index (χ4v) is 1.57. The summed E-state index contributed by atoms with van der Waals surface area (Å²) in [6.07, 6.45) is 0.867. The summed E-state index contributed by atoms with van der Waals surface area (Å²) in [6.45, 7) is 10.5. The van der Waals surface area contributed by atoms with E-state index >= 15 is 0 Å². The molecule has 1 aromatic heterocycles. The topological polar surface area (TPSA) is 90.7 Å². The molecule has 0 saturated carbocycles. The van der Waals surface area contributed by atoms with Crippen LogP contribution in [0.2, 0.25) is 0 Å². The van der Waals surface area contributed by atoms with Gasteiger partial charge in [-0.3, -0.25) is 0 Å². The predicted molar refractivity (Wildman–Crippen MR) is 79.2 cm³/mol. The van der Waals surface area contributed by atoms with Gasteiger partial charge in [-0.1, -0.05) is 5.16 Å². The normalized spacial score (nSPS) is 13.4. The molecule has 1 N–H and O–H groups in total. The Kier molecular flexibility index (Phi) is 5.57. The molecule has 1 atom stereocenters. The number of ether oxygens (including phenoxy) is 2. The largest absolute Gasteiger partial charge is 0.458 e. The van der Waals surface area contributed by atoms with Crippen LogP contribution in [0.15, 0.2) is 16.9 Å². The summed E-state index contributed by atoms with van der Waals surface area (Å²) in [5.41, 5.74) is -0.780. The second-order valence-electron chi connectivity index (χ2n) is 6.93. The lowest BCUT2D eigenvalue weighted by Gasteiger charge is -2.25. The third-order valence-corrected chi connectivity index (χ3v) is 2.29. The highest BCUT2D eigenvalue weighted by Gasteiger charge is 2.29. The molecule has 0 aliphatic heterocycles. The van der Waals surface area contributed by atoms with Crippen LogP contribution in [0.5, 0.6) is 0 Å². The number of amides is 1. The highest BCUT2D eigenvalue weighted by Crippen LogP contribution is 2.12. The van der Waals surface area contributed by atoms with E-state index in [4.69, 9.17) is 14.0 Å². The Morgan fingerprint density at radius 3 is 2.23 bits per heavy atom. The van der Waals surface area contributed by atoms with Crippen molar-refractivity contribution in [3.05, 3.63) is 18.0 Å². The number of esters is 1. The van der Waals surface area contributed by atoms with Gasteiger partial charge in [0.1, 0.15) is 23.5 Å². The van der Waals surface area contributed by atoms with Crippen molar-refractivity contribution in [1.82, 2.24) is 10.5 Å². The number of hydrogen-bond donors (Lipinski definition) is 1. The number of nitrogens with one attached hydrogen (secondary N) is 1. The first kappa shape index (κ1) is 18.0. The van der Waals surface area contributed by atoms with Gasteiger partial charge in [0.25, 0.3) is 0 Å². The Balaban J connectivity index is 2.77. The van der Waals surface area contributed by atoms with Gasteiger partial charge in [0.2, 0.25) is 0 Å². The predicted octanol–water partition coefficient (Wildman–Crippen LogP) is 2.45. The zero-order valence-electron chi connectivity index (χ0n) is 13.9. The van der Waals surface area contributed by atoms with Crippen LogP contribution in [-0.4, -0.2) is 34.5 Å². The summed E-state index contributed by atoms with van der Waals surface area (Å²) in [5.74, 6) is -0.554. The van der Waals surface area contributed by atoms with E-state index in [1.165, 1.54) is 6.26 Å². The molecule has 0 saturated heterocycles. The molecule has 0 aromatic carbocycles. The average molecular weight is 312 g/mol. The van der Waals surface area contributed by atoms with Gasteiger partial charge in [0.05, 0.1) is 5.69 Å². The van der Waals surface area contributed by atoms with Crippen molar-refractivity contribution in [3.8, 4) is 0 Å². The lowest BCUT2D eigenvalue weighted by atomic mass is 10.1. The SMILES string of the molecule is CC(C)(C)OC(=O)N[C@@H](Cc1ccon1)C(=O)OC(C)(C)C. The molecule has 7 heteroatoms. The number of carbonyl (C=O) groups excluding carboxylic acids is 2. The van der Waals surface area contributed by atoms with Gasteiger partial charge >= 0.3 is 12.1 Å². The highest BCUT2D eigenvalue weighted by molar-refractivity contribution is 5.82. The van der Waals surface area contributed by atoms with Crippen LogP contribution in [0.4, 0.5) is 4.79 Å². The van der Waals surface area contributed by atoms with Crippen molar-refractivity contribution < 1.29 is 23.6 Å². The van der Waals surface area contributed by atoms with Gasteiger partial charge in [0, 0.05) is 12.5 Å². The van der Waals surface area contributed by atoms with Crippen molar-refractivity contribution >= 4 is 12.1 Å². The third-order valence-electron chi connectivity index (χ3n) is 2.29. The molecule has 0 unspecified atom stereocenters. The summed E-state index contributed by atoms with van der Waals surface area (Å²) in [4.78, 5) is 24.1. The van der Waals surface area contributed by atoms with E-state index in [9.17, 15) is 9.59 Å². The molecule has 1 amide bonds. The standard InChI is InChI=1S/C15H24N2O5/c1-14(2,3)21-12(18)11(9-10-7-8-20-17-10)16-13(19)22-15(4,5)6/h7-8,11H,9H2,1-6H3,(H,16,19)/t11-/m0/s1.